The fraction of sp³-hybridized carbons (Fsp3) is 0.316. The predicted octanol–water partition coefficient (Wildman–Crippen LogP) is 3.33. The van der Waals surface area contributed by atoms with Gasteiger partial charge >= 0.3 is 0 Å². The van der Waals surface area contributed by atoms with Gasteiger partial charge in [-0.05, 0) is 49.6 Å². The lowest BCUT2D eigenvalue weighted by atomic mass is 10.1. The van der Waals surface area contributed by atoms with E-state index in [2.05, 4.69) is 34.5 Å². The topological polar surface area (TPSA) is 75.5 Å². The van der Waals surface area contributed by atoms with E-state index in [1.165, 1.54) is 17.7 Å². The molecule has 0 saturated heterocycles. The third kappa shape index (κ3) is 5.04. The number of nitrogens with one attached hydrogen (secondary N) is 1. The Bertz CT molecular complexity index is 755. The van der Waals surface area contributed by atoms with Crippen LogP contribution >= 0.6 is 0 Å². The minimum Gasteiger partial charge on any atom is -0.378 e. The van der Waals surface area contributed by atoms with Crippen LogP contribution in [-0.4, -0.2) is 31.5 Å². The molecule has 1 N–H and O–H groups in total. The van der Waals surface area contributed by atoms with E-state index < -0.39 is 4.92 Å². The number of nitro groups is 1. The molecule has 0 heterocycles. The average Bonchev–Trinajstić information content (AvgIpc) is 2.58. The lowest BCUT2D eigenvalue weighted by molar-refractivity contribution is -0.385. The van der Waals surface area contributed by atoms with E-state index in [4.69, 9.17) is 0 Å². The van der Waals surface area contributed by atoms with Gasteiger partial charge in [-0.25, -0.2) is 0 Å². The van der Waals surface area contributed by atoms with Crippen LogP contribution in [0.4, 0.5) is 11.4 Å². The minimum absolute atomic E-state index is 0.0257. The van der Waals surface area contributed by atoms with Gasteiger partial charge in [-0.2, -0.15) is 0 Å². The second-order valence-corrected chi connectivity index (χ2v) is 6.18. The summed E-state index contributed by atoms with van der Waals surface area (Å²) in [5, 5.41) is 13.7. The van der Waals surface area contributed by atoms with Crippen LogP contribution in [0.15, 0.2) is 42.5 Å². The molecule has 2 rings (SSSR count). The highest BCUT2D eigenvalue weighted by atomic mass is 16.6. The van der Waals surface area contributed by atoms with Gasteiger partial charge in [0.15, 0.2) is 0 Å². The molecule has 0 saturated carbocycles. The molecule has 1 amide bonds. The van der Waals surface area contributed by atoms with Gasteiger partial charge in [0.1, 0.15) is 0 Å². The molecule has 0 aromatic heterocycles. The Labute approximate surface area is 147 Å². The number of carbonyl (C=O) groups excluding carboxylic acids is 1. The second kappa shape index (κ2) is 8.28. The van der Waals surface area contributed by atoms with Crippen LogP contribution in [0.2, 0.25) is 0 Å². The maximum absolute atomic E-state index is 12.1. The van der Waals surface area contributed by atoms with Crippen molar-refractivity contribution in [1.82, 2.24) is 5.32 Å². The summed E-state index contributed by atoms with van der Waals surface area (Å²) in [6.07, 6.45) is 1.71. The van der Waals surface area contributed by atoms with Crippen molar-refractivity contribution in [3.63, 3.8) is 0 Å². The second-order valence-electron chi connectivity index (χ2n) is 6.18. The summed E-state index contributed by atoms with van der Waals surface area (Å²) >= 11 is 0. The molecule has 2 aromatic carbocycles. The molecule has 0 fully saturated rings. The van der Waals surface area contributed by atoms with Crippen LogP contribution in [-0.2, 0) is 6.42 Å². The van der Waals surface area contributed by atoms with Gasteiger partial charge in [0.05, 0.1) is 4.92 Å². The van der Waals surface area contributed by atoms with Gasteiger partial charge in [-0.15, -0.1) is 0 Å². The number of aryl methyl sites for hydroxylation is 2. The first kappa shape index (κ1) is 18.4. The SMILES string of the molecule is Cc1cc(C(=O)NCCCc2ccc(N(C)C)cc2)ccc1[N+](=O)[O-]. The number of nitrogens with zero attached hydrogens (tertiary/aromatic N) is 2. The number of hydrogen-bond donors (Lipinski definition) is 1. The van der Waals surface area contributed by atoms with Gasteiger partial charge < -0.3 is 10.2 Å². The molecule has 0 aliphatic heterocycles. The Morgan fingerprint density at radius 1 is 1.16 bits per heavy atom. The van der Waals surface area contributed by atoms with E-state index in [1.54, 1.807) is 13.0 Å². The molecular weight excluding hydrogens is 318 g/mol. The van der Waals surface area contributed by atoms with Crippen LogP contribution in [0.25, 0.3) is 0 Å². The first-order valence-corrected chi connectivity index (χ1v) is 8.18. The number of amides is 1. The molecule has 132 valence electrons. The Morgan fingerprint density at radius 3 is 2.40 bits per heavy atom. The first-order valence-electron chi connectivity index (χ1n) is 8.18. The number of nitro benzene ring substituents is 1. The number of anilines is 1. The van der Waals surface area contributed by atoms with Crippen molar-refractivity contribution in [3.05, 3.63) is 69.3 Å². The summed E-state index contributed by atoms with van der Waals surface area (Å²) in [4.78, 5) is 24.5. The van der Waals surface area contributed by atoms with E-state index in [0.29, 0.717) is 17.7 Å². The quantitative estimate of drug-likeness (QED) is 0.476. The monoisotopic (exact) mass is 341 g/mol. The fourth-order valence-corrected chi connectivity index (χ4v) is 2.56. The number of carbonyl (C=O) groups is 1. The van der Waals surface area contributed by atoms with Crippen molar-refractivity contribution in [1.29, 1.82) is 0 Å². The summed E-state index contributed by atoms with van der Waals surface area (Å²) < 4.78 is 0. The fourth-order valence-electron chi connectivity index (χ4n) is 2.56. The maximum Gasteiger partial charge on any atom is 0.272 e. The van der Waals surface area contributed by atoms with Crippen molar-refractivity contribution < 1.29 is 9.72 Å². The lowest BCUT2D eigenvalue weighted by Crippen LogP contribution is -2.24. The largest absolute Gasteiger partial charge is 0.378 e. The zero-order valence-electron chi connectivity index (χ0n) is 14.8. The van der Waals surface area contributed by atoms with Gasteiger partial charge in [-0.1, -0.05) is 12.1 Å². The molecule has 0 bridgehead atoms. The van der Waals surface area contributed by atoms with Gasteiger partial charge in [0, 0.05) is 43.5 Å². The van der Waals surface area contributed by atoms with Gasteiger partial charge in [0.2, 0.25) is 0 Å². The van der Waals surface area contributed by atoms with E-state index in [0.717, 1.165) is 18.5 Å². The molecule has 6 heteroatoms. The van der Waals surface area contributed by atoms with E-state index in [-0.39, 0.29) is 11.6 Å². The third-order valence-electron chi connectivity index (χ3n) is 4.04. The standard InChI is InChI=1S/C19H23N3O3/c1-14-13-16(8-11-18(14)22(24)25)19(23)20-12-4-5-15-6-9-17(10-7-15)21(2)3/h6-11,13H,4-5,12H2,1-3H3,(H,20,23). The van der Waals surface area contributed by atoms with Crippen LogP contribution < -0.4 is 10.2 Å². The molecule has 0 unspecified atom stereocenters. The van der Waals surface area contributed by atoms with E-state index in [1.807, 2.05) is 14.1 Å². The van der Waals surface area contributed by atoms with Crippen LogP contribution in [0.1, 0.15) is 27.9 Å². The molecule has 0 aliphatic rings. The third-order valence-corrected chi connectivity index (χ3v) is 4.04. The molecular formula is C19H23N3O3. The number of benzene rings is 2. The van der Waals surface area contributed by atoms with Crippen LogP contribution in [0.3, 0.4) is 0 Å². The summed E-state index contributed by atoms with van der Waals surface area (Å²) in [7, 11) is 4.01. The molecule has 0 aliphatic carbocycles. The average molecular weight is 341 g/mol. The van der Waals surface area contributed by atoms with Crippen molar-refractivity contribution in [2.24, 2.45) is 0 Å². The highest BCUT2D eigenvalue weighted by Gasteiger charge is 2.13. The van der Waals surface area contributed by atoms with Crippen molar-refractivity contribution >= 4 is 17.3 Å². The molecule has 6 nitrogen and oxygen atoms in total. The van der Waals surface area contributed by atoms with Gasteiger partial charge in [0.25, 0.3) is 11.6 Å². The zero-order valence-corrected chi connectivity index (χ0v) is 14.8. The number of rotatable bonds is 7. The summed E-state index contributed by atoms with van der Waals surface area (Å²) in [6.45, 7) is 2.19. The molecule has 0 radical (unpaired) electrons. The number of hydrogen-bond acceptors (Lipinski definition) is 4. The normalized spacial score (nSPS) is 10.4. The highest BCUT2D eigenvalue weighted by Crippen LogP contribution is 2.18. The molecule has 25 heavy (non-hydrogen) atoms. The molecule has 2 aromatic rings. The first-order chi connectivity index (χ1) is 11.9. The van der Waals surface area contributed by atoms with Crippen molar-refractivity contribution in [2.75, 3.05) is 25.5 Å². The predicted molar refractivity (Wildman–Crippen MR) is 99.3 cm³/mol. The van der Waals surface area contributed by atoms with Gasteiger partial charge in [-0.3, -0.25) is 14.9 Å². The molecule has 0 spiro atoms. The minimum atomic E-state index is -0.446. The van der Waals surface area contributed by atoms with Crippen LogP contribution in [0.5, 0.6) is 0 Å². The maximum atomic E-state index is 12.1. The summed E-state index contributed by atoms with van der Waals surface area (Å²) in [5.41, 5.74) is 3.34. The Hall–Kier alpha value is -2.89. The van der Waals surface area contributed by atoms with Crippen LogP contribution in [0, 0.1) is 17.0 Å². The van der Waals surface area contributed by atoms with E-state index >= 15 is 0 Å². The highest BCUT2D eigenvalue weighted by molar-refractivity contribution is 5.94. The smallest absolute Gasteiger partial charge is 0.272 e. The van der Waals surface area contributed by atoms with Crippen molar-refractivity contribution in [2.45, 2.75) is 19.8 Å². The Morgan fingerprint density at radius 2 is 1.84 bits per heavy atom. The summed E-state index contributed by atoms with van der Waals surface area (Å²) in [6, 6.07) is 12.7. The van der Waals surface area contributed by atoms with E-state index in [9.17, 15) is 14.9 Å². The Kier molecular flexibility index (Phi) is 6.11. The summed E-state index contributed by atoms with van der Waals surface area (Å²) in [5.74, 6) is -0.207. The molecule has 0 atom stereocenters. The lowest BCUT2D eigenvalue weighted by Gasteiger charge is -2.12. The Balaban J connectivity index is 1.82. The van der Waals surface area contributed by atoms with Crippen molar-refractivity contribution in [3.8, 4) is 0 Å². The zero-order chi connectivity index (χ0) is 18.4.